The number of anilines is 1. The Morgan fingerprint density at radius 1 is 1.15 bits per heavy atom. The number of rotatable bonds is 7. The molecule has 1 aromatic carbocycles. The number of likely N-dealkylation sites (tertiary alicyclic amines) is 1. The van der Waals surface area contributed by atoms with Gasteiger partial charge in [-0.25, -0.2) is 4.98 Å². The molecule has 1 fully saturated rings. The van der Waals surface area contributed by atoms with E-state index in [0.717, 1.165) is 56.3 Å². The van der Waals surface area contributed by atoms with Gasteiger partial charge in [0.25, 0.3) is 0 Å². The smallest absolute Gasteiger partial charge is 0.318 e. The van der Waals surface area contributed by atoms with Gasteiger partial charge >= 0.3 is 6.01 Å². The third-order valence-electron chi connectivity index (χ3n) is 4.48. The maximum atomic E-state index is 6.05. The average Bonchev–Trinajstić information content (AvgIpc) is 2.66. The first-order valence-corrected chi connectivity index (χ1v) is 9.76. The SMILES string of the molecule is COc1nc(C)cc(NCCN2CCC(Oc3ccc(Cl)c(Cl)c3)CC2)n1. The van der Waals surface area contributed by atoms with Gasteiger partial charge in [-0.1, -0.05) is 23.2 Å². The molecule has 2 heterocycles. The van der Waals surface area contributed by atoms with E-state index in [0.29, 0.717) is 16.1 Å². The van der Waals surface area contributed by atoms with E-state index in [9.17, 15) is 0 Å². The number of hydrogen-bond donors (Lipinski definition) is 1. The van der Waals surface area contributed by atoms with Crippen molar-refractivity contribution in [3.05, 3.63) is 40.0 Å². The van der Waals surface area contributed by atoms with Gasteiger partial charge < -0.3 is 19.7 Å². The number of benzene rings is 1. The molecule has 1 aliphatic heterocycles. The second-order valence-electron chi connectivity index (χ2n) is 6.54. The zero-order valence-corrected chi connectivity index (χ0v) is 17.1. The normalized spacial score (nSPS) is 15.6. The van der Waals surface area contributed by atoms with Crippen LogP contribution in [0.5, 0.6) is 11.8 Å². The van der Waals surface area contributed by atoms with Gasteiger partial charge in [0.2, 0.25) is 0 Å². The largest absolute Gasteiger partial charge is 0.490 e. The fraction of sp³-hybridized carbons (Fsp3) is 0.474. The van der Waals surface area contributed by atoms with Gasteiger partial charge in [0.15, 0.2) is 0 Å². The van der Waals surface area contributed by atoms with Gasteiger partial charge in [0.1, 0.15) is 17.7 Å². The summed E-state index contributed by atoms with van der Waals surface area (Å²) in [6.07, 6.45) is 2.18. The van der Waals surface area contributed by atoms with Crippen LogP contribution in [0.15, 0.2) is 24.3 Å². The summed E-state index contributed by atoms with van der Waals surface area (Å²) >= 11 is 12.0. The number of halogens is 2. The van der Waals surface area contributed by atoms with Crippen molar-refractivity contribution in [2.75, 3.05) is 38.6 Å². The lowest BCUT2D eigenvalue weighted by Gasteiger charge is -2.32. The molecule has 3 rings (SSSR count). The van der Waals surface area contributed by atoms with Crippen molar-refractivity contribution in [2.24, 2.45) is 0 Å². The van der Waals surface area contributed by atoms with Gasteiger partial charge in [-0.2, -0.15) is 4.98 Å². The molecule has 0 unspecified atom stereocenters. The van der Waals surface area contributed by atoms with E-state index in [2.05, 4.69) is 20.2 Å². The highest BCUT2D eigenvalue weighted by atomic mass is 35.5. The molecule has 1 saturated heterocycles. The molecule has 1 N–H and O–H groups in total. The quantitative estimate of drug-likeness (QED) is 0.742. The van der Waals surface area contributed by atoms with Crippen LogP contribution >= 0.6 is 23.2 Å². The molecule has 27 heavy (non-hydrogen) atoms. The molecule has 0 aliphatic carbocycles. The van der Waals surface area contributed by atoms with Crippen molar-refractivity contribution in [1.29, 1.82) is 0 Å². The number of aryl methyl sites for hydroxylation is 1. The third-order valence-corrected chi connectivity index (χ3v) is 5.22. The summed E-state index contributed by atoms with van der Waals surface area (Å²) in [4.78, 5) is 10.9. The second-order valence-corrected chi connectivity index (χ2v) is 7.36. The predicted molar refractivity (Wildman–Crippen MR) is 108 cm³/mol. The molecule has 6 nitrogen and oxygen atoms in total. The molecule has 2 aromatic rings. The van der Waals surface area contributed by atoms with E-state index in [1.54, 1.807) is 19.2 Å². The van der Waals surface area contributed by atoms with Crippen LogP contribution in [0.1, 0.15) is 18.5 Å². The van der Waals surface area contributed by atoms with E-state index in [1.165, 1.54) is 0 Å². The summed E-state index contributed by atoms with van der Waals surface area (Å²) in [7, 11) is 1.57. The Kier molecular flexibility index (Phi) is 6.99. The van der Waals surface area contributed by atoms with Crippen molar-refractivity contribution in [1.82, 2.24) is 14.9 Å². The topological polar surface area (TPSA) is 59.5 Å². The number of nitrogens with one attached hydrogen (secondary N) is 1. The van der Waals surface area contributed by atoms with Crippen molar-refractivity contribution in [3.63, 3.8) is 0 Å². The maximum absolute atomic E-state index is 6.05. The minimum absolute atomic E-state index is 0.209. The number of aromatic nitrogens is 2. The van der Waals surface area contributed by atoms with E-state index in [-0.39, 0.29) is 6.10 Å². The van der Waals surface area contributed by atoms with E-state index < -0.39 is 0 Å². The average molecular weight is 411 g/mol. The fourth-order valence-electron chi connectivity index (χ4n) is 3.06. The predicted octanol–water partition coefficient (Wildman–Crippen LogP) is 4.06. The number of methoxy groups -OCH3 is 1. The van der Waals surface area contributed by atoms with E-state index in [4.69, 9.17) is 32.7 Å². The van der Waals surface area contributed by atoms with Crippen molar-refractivity contribution < 1.29 is 9.47 Å². The highest BCUT2D eigenvalue weighted by molar-refractivity contribution is 6.42. The maximum Gasteiger partial charge on any atom is 0.318 e. The van der Waals surface area contributed by atoms with Gasteiger partial charge in [0, 0.05) is 44.0 Å². The summed E-state index contributed by atoms with van der Waals surface area (Å²) in [6.45, 7) is 5.69. The Balaban J connectivity index is 1.40. The van der Waals surface area contributed by atoms with Crippen LogP contribution in [0.3, 0.4) is 0 Å². The van der Waals surface area contributed by atoms with Gasteiger partial charge in [-0.3, -0.25) is 0 Å². The number of hydrogen-bond acceptors (Lipinski definition) is 6. The Morgan fingerprint density at radius 2 is 1.93 bits per heavy atom. The summed E-state index contributed by atoms with van der Waals surface area (Å²) in [5.74, 6) is 1.56. The van der Waals surface area contributed by atoms with Crippen LogP contribution in [-0.2, 0) is 0 Å². The Bertz CT molecular complexity index is 767. The summed E-state index contributed by atoms with van der Waals surface area (Å²) < 4.78 is 11.1. The molecule has 0 bridgehead atoms. The standard InChI is InChI=1S/C19H24Cl2N4O2/c1-13-11-18(24-19(23-13)26-2)22-7-10-25-8-5-14(6-9-25)27-15-3-4-16(20)17(21)12-15/h3-4,11-12,14H,5-10H2,1-2H3,(H,22,23,24). The molecule has 0 radical (unpaired) electrons. The summed E-state index contributed by atoms with van der Waals surface area (Å²) in [6, 6.07) is 7.71. The second kappa shape index (κ2) is 9.44. The molecule has 1 aliphatic rings. The zero-order valence-electron chi connectivity index (χ0n) is 15.5. The summed E-state index contributed by atoms with van der Waals surface area (Å²) in [5.41, 5.74) is 0.879. The Hall–Kier alpha value is -1.76. The molecule has 8 heteroatoms. The highest BCUT2D eigenvalue weighted by Crippen LogP contribution is 2.28. The molecule has 1 aromatic heterocycles. The summed E-state index contributed by atoms with van der Waals surface area (Å²) in [5, 5.41) is 4.41. The Morgan fingerprint density at radius 3 is 2.63 bits per heavy atom. The molecule has 0 amide bonds. The van der Waals surface area contributed by atoms with Gasteiger partial charge in [-0.05, 0) is 31.9 Å². The lowest BCUT2D eigenvalue weighted by atomic mass is 10.1. The van der Waals surface area contributed by atoms with Crippen molar-refractivity contribution in [3.8, 4) is 11.8 Å². The lowest BCUT2D eigenvalue weighted by Crippen LogP contribution is -2.40. The van der Waals surface area contributed by atoms with Crippen molar-refractivity contribution in [2.45, 2.75) is 25.9 Å². The first kappa shape index (κ1) is 20.0. The van der Waals surface area contributed by atoms with Gasteiger partial charge in [0.05, 0.1) is 17.2 Å². The van der Waals surface area contributed by atoms with E-state index >= 15 is 0 Å². The van der Waals surface area contributed by atoms with Gasteiger partial charge in [-0.15, -0.1) is 0 Å². The zero-order chi connectivity index (χ0) is 19.2. The lowest BCUT2D eigenvalue weighted by molar-refractivity contribution is 0.103. The van der Waals surface area contributed by atoms with Crippen LogP contribution < -0.4 is 14.8 Å². The van der Waals surface area contributed by atoms with Crippen LogP contribution in [0, 0.1) is 6.92 Å². The molecular weight excluding hydrogens is 387 g/mol. The molecule has 0 saturated carbocycles. The third kappa shape index (κ3) is 5.86. The highest BCUT2D eigenvalue weighted by Gasteiger charge is 2.20. The molecule has 0 spiro atoms. The van der Waals surface area contributed by atoms with Crippen LogP contribution in [-0.4, -0.2) is 54.3 Å². The number of ether oxygens (including phenoxy) is 2. The minimum atomic E-state index is 0.209. The number of piperidine rings is 1. The first-order valence-electron chi connectivity index (χ1n) is 9.01. The van der Waals surface area contributed by atoms with Crippen LogP contribution in [0.25, 0.3) is 0 Å². The fourth-order valence-corrected chi connectivity index (χ4v) is 3.35. The van der Waals surface area contributed by atoms with Crippen LogP contribution in [0.2, 0.25) is 10.0 Å². The van der Waals surface area contributed by atoms with Crippen molar-refractivity contribution >= 4 is 29.0 Å². The minimum Gasteiger partial charge on any atom is -0.490 e. The van der Waals surface area contributed by atoms with Crippen LogP contribution in [0.4, 0.5) is 5.82 Å². The Labute approximate surface area is 169 Å². The monoisotopic (exact) mass is 410 g/mol. The molecule has 0 atom stereocenters. The number of nitrogens with zero attached hydrogens (tertiary/aromatic N) is 3. The van der Waals surface area contributed by atoms with E-state index in [1.807, 2.05) is 19.1 Å². The molecule has 146 valence electrons. The first-order chi connectivity index (χ1) is 13.0. The molecular formula is C19H24Cl2N4O2.